The van der Waals surface area contributed by atoms with Crippen LogP contribution in [0.4, 0.5) is 10.2 Å². The fourth-order valence-electron chi connectivity index (χ4n) is 2.44. The quantitative estimate of drug-likeness (QED) is 0.875. The first-order valence-corrected chi connectivity index (χ1v) is 8.59. The molecule has 25 heavy (non-hydrogen) atoms. The summed E-state index contributed by atoms with van der Waals surface area (Å²) in [4.78, 5) is 23.4. The van der Waals surface area contributed by atoms with Gasteiger partial charge in [0.2, 0.25) is 0 Å². The van der Waals surface area contributed by atoms with Crippen molar-refractivity contribution in [1.82, 2.24) is 15.3 Å². The molecule has 1 aliphatic rings. The lowest BCUT2D eigenvalue weighted by Gasteiger charge is -2.25. The molecule has 132 valence electrons. The van der Waals surface area contributed by atoms with Gasteiger partial charge in [-0.05, 0) is 56.9 Å². The molecule has 3 rings (SSSR count). The molecule has 1 heterocycles. The number of nitrogens with one attached hydrogen (secondary N) is 1. The van der Waals surface area contributed by atoms with Crippen LogP contribution in [0, 0.1) is 11.7 Å². The Hall–Kier alpha value is -2.50. The smallest absolute Gasteiger partial charge is 0.256 e. The maximum absolute atomic E-state index is 13.1. The van der Waals surface area contributed by atoms with Gasteiger partial charge in [-0.25, -0.2) is 14.4 Å². The zero-order chi connectivity index (χ0) is 18.0. The van der Waals surface area contributed by atoms with Crippen molar-refractivity contribution < 1.29 is 9.18 Å². The van der Waals surface area contributed by atoms with Crippen LogP contribution in [0.1, 0.15) is 37.0 Å². The third-order valence-electron chi connectivity index (χ3n) is 4.47. The Morgan fingerprint density at radius 3 is 2.60 bits per heavy atom. The van der Waals surface area contributed by atoms with Gasteiger partial charge in [0.25, 0.3) is 5.91 Å². The number of hydrogen-bond acceptors (Lipinski definition) is 4. The van der Waals surface area contributed by atoms with Crippen molar-refractivity contribution in [2.75, 3.05) is 18.5 Å². The SMILES string of the molecule is CC(C)N(C)c1nc(-c2ccc(F)cc2)ncc1C(=O)NCC1CC1. The van der Waals surface area contributed by atoms with Crippen molar-refractivity contribution >= 4 is 11.7 Å². The summed E-state index contributed by atoms with van der Waals surface area (Å²) in [6.45, 7) is 4.76. The van der Waals surface area contributed by atoms with Gasteiger partial charge in [0, 0.05) is 31.4 Å². The van der Waals surface area contributed by atoms with Crippen molar-refractivity contribution in [2.24, 2.45) is 5.92 Å². The van der Waals surface area contributed by atoms with E-state index >= 15 is 0 Å². The molecule has 1 N–H and O–H groups in total. The van der Waals surface area contributed by atoms with Crippen molar-refractivity contribution in [2.45, 2.75) is 32.7 Å². The number of halogens is 1. The van der Waals surface area contributed by atoms with E-state index in [2.05, 4.69) is 15.3 Å². The molecular weight excluding hydrogens is 319 g/mol. The van der Waals surface area contributed by atoms with Crippen LogP contribution in [0.3, 0.4) is 0 Å². The molecule has 0 saturated heterocycles. The van der Waals surface area contributed by atoms with Crippen molar-refractivity contribution in [3.8, 4) is 11.4 Å². The third kappa shape index (κ3) is 4.13. The van der Waals surface area contributed by atoms with Crippen LogP contribution < -0.4 is 10.2 Å². The summed E-state index contributed by atoms with van der Waals surface area (Å²) in [5.41, 5.74) is 1.17. The molecule has 1 aromatic carbocycles. The van der Waals surface area contributed by atoms with Gasteiger partial charge in [0.15, 0.2) is 5.82 Å². The van der Waals surface area contributed by atoms with Gasteiger partial charge in [-0.2, -0.15) is 0 Å². The molecule has 1 amide bonds. The molecule has 0 aliphatic heterocycles. The molecular formula is C19H23FN4O. The first-order chi connectivity index (χ1) is 12.0. The molecule has 0 bridgehead atoms. The van der Waals surface area contributed by atoms with E-state index in [0.29, 0.717) is 35.2 Å². The molecule has 1 aromatic heterocycles. The minimum Gasteiger partial charge on any atom is -0.356 e. The van der Waals surface area contributed by atoms with E-state index in [-0.39, 0.29) is 17.8 Å². The number of aromatic nitrogens is 2. The number of nitrogens with zero attached hydrogens (tertiary/aromatic N) is 3. The summed E-state index contributed by atoms with van der Waals surface area (Å²) in [7, 11) is 1.90. The highest BCUT2D eigenvalue weighted by molar-refractivity contribution is 5.98. The highest BCUT2D eigenvalue weighted by Crippen LogP contribution is 2.28. The summed E-state index contributed by atoms with van der Waals surface area (Å²) in [5, 5.41) is 2.97. The Bertz CT molecular complexity index is 757. The minimum atomic E-state index is -0.306. The van der Waals surface area contributed by atoms with Crippen LogP contribution in [0.15, 0.2) is 30.5 Å². The maximum Gasteiger partial charge on any atom is 0.256 e. The normalized spacial score (nSPS) is 13.8. The topological polar surface area (TPSA) is 58.1 Å². The summed E-state index contributed by atoms with van der Waals surface area (Å²) in [5.74, 6) is 1.20. The van der Waals surface area contributed by atoms with Crippen LogP contribution in [-0.2, 0) is 0 Å². The summed E-state index contributed by atoms with van der Waals surface area (Å²) < 4.78 is 13.1. The molecule has 6 heteroatoms. The highest BCUT2D eigenvalue weighted by Gasteiger charge is 2.24. The Morgan fingerprint density at radius 1 is 1.32 bits per heavy atom. The molecule has 5 nitrogen and oxygen atoms in total. The molecule has 0 unspecified atom stereocenters. The largest absolute Gasteiger partial charge is 0.356 e. The van der Waals surface area contributed by atoms with E-state index < -0.39 is 0 Å². The van der Waals surface area contributed by atoms with Gasteiger partial charge in [0.1, 0.15) is 17.2 Å². The van der Waals surface area contributed by atoms with E-state index in [1.165, 1.54) is 25.0 Å². The molecule has 2 aromatic rings. The number of rotatable bonds is 6. The predicted octanol–water partition coefficient (Wildman–Crippen LogP) is 3.27. The van der Waals surface area contributed by atoms with Gasteiger partial charge in [0.05, 0.1) is 0 Å². The molecule has 0 radical (unpaired) electrons. The standard InChI is InChI=1S/C19H23FN4O/c1-12(2)24(3)18-16(19(25)22-10-13-4-5-13)11-21-17(23-18)14-6-8-15(20)9-7-14/h6-9,11-13H,4-5,10H2,1-3H3,(H,22,25). The van der Waals surface area contributed by atoms with Gasteiger partial charge in [-0.3, -0.25) is 4.79 Å². The average Bonchev–Trinajstić information content (AvgIpc) is 3.43. The van der Waals surface area contributed by atoms with Crippen LogP contribution in [0.5, 0.6) is 0 Å². The highest BCUT2D eigenvalue weighted by atomic mass is 19.1. The molecule has 1 saturated carbocycles. The monoisotopic (exact) mass is 342 g/mol. The third-order valence-corrected chi connectivity index (χ3v) is 4.47. The fraction of sp³-hybridized carbons (Fsp3) is 0.421. The second-order valence-corrected chi connectivity index (χ2v) is 6.80. The lowest BCUT2D eigenvalue weighted by molar-refractivity contribution is 0.0951. The van der Waals surface area contributed by atoms with E-state index in [9.17, 15) is 9.18 Å². The van der Waals surface area contributed by atoms with Gasteiger partial charge >= 0.3 is 0 Å². The van der Waals surface area contributed by atoms with E-state index in [1.807, 2.05) is 25.8 Å². The number of benzene rings is 1. The van der Waals surface area contributed by atoms with Crippen molar-refractivity contribution in [1.29, 1.82) is 0 Å². The fourth-order valence-corrected chi connectivity index (χ4v) is 2.44. The number of amides is 1. The Kier molecular flexibility index (Phi) is 4.97. The maximum atomic E-state index is 13.1. The van der Waals surface area contributed by atoms with Gasteiger partial charge in [-0.1, -0.05) is 0 Å². The minimum absolute atomic E-state index is 0.153. The van der Waals surface area contributed by atoms with Crippen LogP contribution in [0.2, 0.25) is 0 Å². The Labute approximate surface area is 147 Å². The first-order valence-electron chi connectivity index (χ1n) is 8.59. The predicted molar refractivity (Wildman–Crippen MR) is 96.0 cm³/mol. The van der Waals surface area contributed by atoms with Gasteiger partial charge < -0.3 is 10.2 Å². The number of hydrogen-bond donors (Lipinski definition) is 1. The summed E-state index contributed by atoms with van der Waals surface area (Å²) >= 11 is 0. The molecule has 1 aliphatic carbocycles. The second-order valence-electron chi connectivity index (χ2n) is 6.80. The van der Waals surface area contributed by atoms with E-state index in [0.717, 1.165) is 0 Å². The lowest BCUT2D eigenvalue weighted by Crippen LogP contribution is -2.32. The first kappa shape index (κ1) is 17.3. The molecule has 0 atom stereocenters. The van der Waals surface area contributed by atoms with Crippen molar-refractivity contribution in [3.05, 3.63) is 41.8 Å². The Balaban J connectivity index is 1.93. The average molecular weight is 342 g/mol. The number of carbonyl (C=O) groups is 1. The van der Waals surface area contributed by atoms with Crippen LogP contribution >= 0.6 is 0 Å². The van der Waals surface area contributed by atoms with Crippen LogP contribution in [0.25, 0.3) is 11.4 Å². The summed E-state index contributed by atoms with van der Waals surface area (Å²) in [6, 6.07) is 6.19. The van der Waals surface area contributed by atoms with E-state index in [1.54, 1.807) is 18.3 Å². The molecule has 1 fully saturated rings. The molecule has 0 spiro atoms. The zero-order valence-corrected chi connectivity index (χ0v) is 14.8. The zero-order valence-electron chi connectivity index (χ0n) is 14.8. The Morgan fingerprint density at radius 2 is 2.00 bits per heavy atom. The second kappa shape index (κ2) is 7.17. The summed E-state index contributed by atoms with van der Waals surface area (Å²) in [6.07, 6.45) is 3.92. The van der Waals surface area contributed by atoms with Gasteiger partial charge in [-0.15, -0.1) is 0 Å². The lowest BCUT2D eigenvalue weighted by atomic mass is 10.2. The number of carbonyl (C=O) groups excluding carboxylic acids is 1. The van der Waals surface area contributed by atoms with E-state index in [4.69, 9.17) is 0 Å². The van der Waals surface area contributed by atoms with Crippen molar-refractivity contribution in [3.63, 3.8) is 0 Å². The van der Waals surface area contributed by atoms with Crippen LogP contribution in [-0.4, -0.2) is 35.5 Å². The number of anilines is 1.